The summed E-state index contributed by atoms with van der Waals surface area (Å²) in [6, 6.07) is 0. The molecule has 0 rings (SSSR count). The van der Waals surface area contributed by atoms with Crippen molar-refractivity contribution in [2.24, 2.45) is 17.8 Å². The van der Waals surface area contributed by atoms with E-state index in [-0.39, 0.29) is 25.7 Å². The van der Waals surface area contributed by atoms with Gasteiger partial charge in [0.2, 0.25) is 0 Å². The van der Waals surface area contributed by atoms with Crippen molar-refractivity contribution in [2.45, 2.75) is 369 Å². The van der Waals surface area contributed by atoms with E-state index in [1.54, 1.807) is 0 Å². The number of aliphatic hydroxyl groups is 1. The van der Waals surface area contributed by atoms with Gasteiger partial charge in [-0.3, -0.25) is 37.3 Å². The highest BCUT2D eigenvalue weighted by Crippen LogP contribution is 2.45. The fourth-order valence-electron chi connectivity index (χ4n) is 10.5. The quantitative estimate of drug-likeness (QED) is 0.0222. The van der Waals surface area contributed by atoms with Crippen molar-refractivity contribution in [2.75, 3.05) is 39.6 Å². The van der Waals surface area contributed by atoms with Crippen LogP contribution in [0.25, 0.3) is 0 Å². The van der Waals surface area contributed by atoms with E-state index in [1.165, 1.54) is 154 Å². The number of hydrogen-bond donors (Lipinski definition) is 3. The van der Waals surface area contributed by atoms with Crippen LogP contribution < -0.4 is 0 Å². The van der Waals surface area contributed by atoms with Crippen molar-refractivity contribution in [3.63, 3.8) is 0 Å². The number of carbonyl (C=O) groups excluding carboxylic acids is 4. The molecule has 0 aliphatic heterocycles. The molecule has 0 radical (unpaired) electrons. The third kappa shape index (κ3) is 63.2. The standard InChI is InChI=1S/C70H136O17P2/c1-8-10-11-12-13-14-15-16-17-18-19-20-25-30-39-46-53-69(74)86-65(57-80-67(72)51-44-37-29-24-22-21-23-28-36-43-50-63(7)9-2)59-84-88(76,77)82-55-64(71)56-83-89(78,79)85-60-66(58-81-68(73)52-45-38-33-32-35-42-49-62(5)6)87-70(75)54-47-40-31-26-27-34-41-48-61(3)4/h61-66,71H,8-60H2,1-7H3,(H,76,77)(H,78,79)/t63?,64-,65-,66-/m1/s1. The van der Waals surface area contributed by atoms with Gasteiger partial charge < -0.3 is 33.8 Å². The van der Waals surface area contributed by atoms with E-state index in [9.17, 15) is 43.2 Å². The van der Waals surface area contributed by atoms with Crippen molar-refractivity contribution in [3.05, 3.63) is 0 Å². The van der Waals surface area contributed by atoms with E-state index < -0.39 is 97.5 Å². The lowest BCUT2D eigenvalue weighted by Crippen LogP contribution is -2.30. The van der Waals surface area contributed by atoms with Crippen LogP contribution in [0.1, 0.15) is 350 Å². The van der Waals surface area contributed by atoms with Gasteiger partial charge in [0.05, 0.1) is 26.4 Å². The Kier molecular flexibility index (Phi) is 59.6. The van der Waals surface area contributed by atoms with Crippen LogP contribution in [-0.4, -0.2) is 96.7 Å². The van der Waals surface area contributed by atoms with E-state index in [0.717, 1.165) is 102 Å². The first-order chi connectivity index (χ1) is 42.8. The number of rotatable bonds is 68. The smallest absolute Gasteiger partial charge is 0.462 e. The summed E-state index contributed by atoms with van der Waals surface area (Å²) in [5.74, 6) is 0.0550. The Bertz CT molecular complexity index is 1750. The topological polar surface area (TPSA) is 237 Å². The minimum absolute atomic E-state index is 0.102. The Hall–Kier alpha value is -1.94. The zero-order valence-electron chi connectivity index (χ0n) is 57.9. The lowest BCUT2D eigenvalue weighted by molar-refractivity contribution is -0.161. The highest BCUT2D eigenvalue weighted by molar-refractivity contribution is 7.47. The van der Waals surface area contributed by atoms with Crippen LogP contribution in [0.2, 0.25) is 0 Å². The van der Waals surface area contributed by atoms with Gasteiger partial charge in [-0.25, -0.2) is 9.13 Å². The number of phosphoric acid groups is 2. The third-order valence-corrected chi connectivity index (χ3v) is 18.4. The van der Waals surface area contributed by atoms with Crippen LogP contribution in [0.4, 0.5) is 0 Å². The maximum atomic E-state index is 13.0. The molecule has 89 heavy (non-hydrogen) atoms. The van der Waals surface area contributed by atoms with Crippen LogP contribution in [0.3, 0.4) is 0 Å². The van der Waals surface area contributed by atoms with Gasteiger partial charge in [-0.1, -0.05) is 299 Å². The van der Waals surface area contributed by atoms with Crippen LogP contribution in [0.5, 0.6) is 0 Å². The fourth-order valence-corrected chi connectivity index (χ4v) is 12.1. The van der Waals surface area contributed by atoms with E-state index >= 15 is 0 Å². The number of aliphatic hydroxyl groups excluding tert-OH is 1. The highest BCUT2D eigenvalue weighted by Gasteiger charge is 2.30. The molecule has 19 heteroatoms. The molecule has 17 nitrogen and oxygen atoms in total. The minimum atomic E-state index is -4.95. The molecule has 0 saturated carbocycles. The zero-order valence-corrected chi connectivity index (χ0v) is 59.7. The second-order valence-corrected chi connectivity index (χ2v) is 29.4. The molecule has 3 unspecified atom stereocenters. The first-order valence-electron chi connectivity index (χ1n) is 36.4. The molecule has 0 saturated heterocycles. The van der Waals surface area contributed by atoms with Gasteiger partial charge in [0.25, 0.3) is 0 Å². The summed E-state index contributed by atoms with van der Waals surface area (Å²) >= 11 is 0. The predicted molar refractivity (Wildman–Crippen MR) is 358 cm³/mol. The van der Waals surface area contributed by atoms with Gasteiger partial charge >= 0.3 is 39.5 Å². The molecule has 0 aromatic rings. The van der Waals surface area contributed by atoms with Crippen molar-refractivity contribution in [3.8, 4) is 0 Å². The van der Waals surface area contributed by atoms with Crippen molar-refractivity contribution in [1.82, 2.24) is 0 Å². The molecule has 0 bridgehead atoms. The summed E-state index contributed by atoms with van der Waals surface area (Å²) in [7, 11) is -9.90. The number of hydrogen-bond acceptors (Lipinski definition) is 15. The number of phosphoric ester groups is 2. The highest BCUT2D eigenvalue weighted by atomic mass is 31.2. The normalized spacial score (nSPS) is 14.5. The molecule has 6 atom stereocenters. The van der Waals surface area contributed by atoms with Crippen LogP contribution in [0.15, 0.2) is 0 Å². The predicted octanol–water partition coefficient (Wildman–Crippen LogP) is 19.8. The molecule has 0 heterocycles. The first kappa shape index (κ1) is 87.1. The second-order valence-electron chi connectivity index (χ2n) is 26.5. The molecule has 0 spiro atoms. The second kappa shape index (κ2) is 61.0. The Balaban J connectivity index is 5.24. The van der Waals surface area contributed by atoms with Gasteiger partial charge in [-0.05, 0) is 43.4 Å². The molecule has 0 aromatic carbocycles. The van der Waals surface area contributed by atoms with Gasteiger partial charge in [-0.2, -0.15) is 0 Å². The van der Waals surface area contributed by atoms with Gasteiger partial charge in [-0.15, -0.1) is 0 Å². The third-order valence-electron chi connectivity index (χ3n) is 16.5. The summed E-state index contributed by atoms with van der Waals surface area (Å²) in [5, 5.41) is 10.6. The average Bonchev–Trinajstić information content (AvgIpc) is 3.71. The van der Waals surface area contributed by atoms with Crippen LogP contribution in [-0.2, 0) is 65.4 Å². The first-order valence-corrected chi connectivity index (χ1v) is 39.4. The summed E-state index contributed by atoms with van der Waals surface area (Å²) in [6.45, 7) is 11.7. The van der Waals surface area contributed by atoms with E-state index in [2.05, 4.69) is 48.5 Å². The molecular formula is C70H136O17P2. The van der Waals surface area contributed by atoms with E-state index in [0.29, 0.717) is 37.5 Å². The van der Waals surface area contributed by atoms with Gasteiger partial charge in [0.15, 0.2) is 12.2 Å². The van der Waals surface area contributed by atoms with Crippen molar-refractivity contribution >= 4 is 39.5 Å². The number of esters is 4. The Morgan fingerprint density at radius 1 is 0.326 bits per heavy atom. The molecule has 0 aromatic heterocycles. The molecule has 0 amide bonds. The van der Waals surface area contributed by atoms with Crippen molar-refractivity contribution in [1.29, 1.82) is 0 Å². The maximum Gasteiger partial charge on any atom is 0.472 e. The Morgan fingerprint density at radius 3 is 0.854 bits per heavy atom. The summed E-state index contributed by atoms with van der Waals surface area (Å²) in [6.07, 6.45) is 44.6. The van der Waals surface area contributed by atoms with Crippen LogP contribution in [0, 0.1) is 17.8 Å². The largest absolute Gasteiger partial charge is 0.472 e. The minimum Gasteiger partial charge on any atom is -0.462 e. The van der Waals surface area contributed by atoms with Gasteiger partial charge in [0.1, 0.15) is 19.3 Å². The van der Waals surface area contributed by atoms with Crippen LogP contribution >= 0.6 is 15.6 Å². The Morgan fingerprint density at radius 2 is 0.573 bits per heavy atom. The molecule has 528 valence electrons. The van der Waals surface area contributed by atoms with Gasteiger partial charge in [0, 0.05) is 25.7 Å². The zero-order chi connectivity index (χ0) is 65.9. The number of unbranched alkanes of at least 4 members (excludes halogenated alkanes) is 35. The summed E-state index contributed by atoms with van der Waals surface area (Å²) < 4.78 is 68.2. The average molecular weight is 1310 g/mol. The molecule has 3 N–H and O–H groups in total. The molecule has 0 aliphatic rings. The molecule has 0 aliphatic carbocycles. The lowest BCUT2D eigenvalue weighted by atomic mass is 9.99. The number of ether oxygens (including phenoxy) is 4. The fraction of sp³-hybridized carbons (Fsp3) is 0.943. The summed E-state index contributed by atoms with van der Waals surface area (Å²) in [4.78, 5) is 72.5. The monoisotopic (exact) mass is 1310 g/mol. The SMILES string of the molecule is CCCCCCCCCCCCCCCCCCC(=O)O[C@H](COC(=O)CCCCCCCCCCCCC(C)CC)COP(=O)(O)OC[C@@H](O)COP(=O)(O)OC[C@@H](COC(=O)CCCCCCCCC(C)C)OC(=O)CCCCCCCCCC(C)C. The molecule has 0 fully saturated rings. The summed E-state index contributed by atoms with van der Waals surface area (Å²) in [5.41, 5.74) is 0. The van der Waals surface area contributed by atoms with E-state index in [4.69, 9.17) is 37.0 Å². The maximum absolute atomic E-state index is 13.0. The van der Waals surface area contributed by atoms with Crippen molar-refractivity contribution < 1.29 is 80.2 Å². The van der Waals surface area contributed by atoms with E-state index in [1.807, 2.05) is 0 Å². The Labute approximate surface area is 543 Å². The number of carbonyl (C=O) groups is 4. The lowest BCUT2D eigenvalue weighted by Gasteiger charge is -2.21. The molecular weight excluding hydrogens is 1170 g/mol.